The summed E-state index contributed by atoms with van der Waals surface area (Å²) in [5.74, 6) is -0.481. The molecule has 1 aliphatic heterocycles. The Hall–Kier alpha value is -3.62. The Morgan fingerprint density at radius 2 is 1.85 bits per heavy atom. The van der Waals surface area contributed by atoms with Crippen LogP contribution in [0.3, 0.4) is 0 Å². The van der Waals surface area contributed by atoms with E-state index < -0.39 is 18.0 Å². The summed E-state index contributed by atoms with van der Waals surface area (Å²) in [6, 6.07) is 7.21. The number of methoxy groups -OCH3 is 1. The van der Waals surface area contributed by atoms with Gasteiger partial charge >= 0.3 is 6.09 Å². The van der Waals surface area contributed by atoms with E-state index in [1.54, 1.807) is 18.3 Å². The second-order valence-electron chi connectivity index (χ2n) is 8.72. The maximum atomic E-state index is 13.1. The van der Waals surface area contributed by atoms with Crippen molar-refractivity contribution < 1.29 is 23.5 Å². The first-order valence-corrected chi connectivity index (χ1v) is 11.1. The maximum absolute atomic E-state index is 13.1. The molecule has 0 spiro atoms. The summed E-state index contributed by atoms with van der Waals surface area (Å²) in [4.78, 5) is 45.6. The van der Waals surface area contributed by atoms with Crippen molar-refractivity contribution in [3.05, 3.63) is 64.7 Å². The fourth-order valence-corrected chi connectivity index (χ4v) is 3.78. The van der Waals surface area contributed by atoms with Crippen molar-refractivity contribution >= 4 is 23.6 Å². The molecule has 0 bridgehead atoms. The third-order valence-corrected chi connectivity index (χ3v) is 5.71. The second-order valence-corrected chi connectivity index (χ2v) is 8.72. The molecule has 180 valence electrons. The molecule has 2 aromatic rings. The Kier molecular flexibility index (Phi) is 8.09. The first kappa shape index (κ1) is 25.0. The van der Waals surface area contributed by atoms with Crippen LogP contribution in [-0.4, -0.2) is 41.8 Å². The number of halogens is 1. The Balaban J connectivity index is 1.61. The second kappa shape index (κ2) is 11.0. The summed E-state index contributed by atoms with van der Waals surface area (Å²) in [5.41, 5.74) is 3.09. The minimum atomic E-state index is -0.785. The third-order valence-electron chi connectivity index (χ3n) is 5.71. The highest BCUT2D eigenvalue weighted by atomic mass is 19.1. The van der Waals surface area contributed by atoms with Gasteiger partial charge < -0.3 is 15.4 Å². The highest BCUT2D eigenvalue weighted by Crippen LogP contribution is 2.22. The van der Waals surface area contributed by atoms with Gasteiger partial charge in [-0.2, -0.15) is 0 Å². The molecule has 2 atom stereocenters. The van der Waals surface area contributed by atoms with E-state index in [1.165, 1.54) is 19.2 Å². The average molecular weight is 469 g/mol. The highest BCUT2D eigenvalue weighted by Gasteiger charge is 2.28. The lowest BCUT2D eigenvalue weighted by Crippen LogP contribution is -2.51. The number of carbonyl (C=O) groups is 3. The molecule has 0 aliphatic carbocycles. The third kappa shape index (κ3) is 6.24. The lowest BCUT2D eigenvalue weighted by molar-refractivity contribution is -0.122. The molecule has 34 heavy (non-hydrogen) atoms. The van der Waals surface area contributed by atoms with Crippen LogP contribution >= 0.6 is 0 Å². The van der Waals surface area contributed by atoms with E-state index in [0.717, 1.165) is 11.1 Å². The number of benzene rings is 1. The molecule has 0 saturated carbocycles. The Labute approximate surface area is 198 Å². The number of pyridine rings is 1. The summed E-state index contributed by atoms with van der Waals surface area (Å²) >= 11 is 0. The fraction of sp³-hybridized carbons (Fsp3) is 0.400. The summed E-state index contributed by atoms with van der Waals surface area (Å²) in [7, 11) is 1.24. The van der Waals surface area contributed by atoms with Gasteiger partial charge in [0.05, 0.1) is 13.7 Å². The molecule has 2 N–H and O–H groups in total. The summed E-state index contributed by atoms with van der Waals surface area (Å²) in [6.45, 7) is 5.92. The number of hydrogen-bond acceptors (Lipinski definition) is 6. The number of hydrogen-bond donors (Lipinski definition) is 2. The molecular weight excluding hydrogens is 439 g/mol. The van der Waals surface area contributed by atoms with Gasteiger partial charge in [0.1, 0.15) is 23.5 Å². The van der Waals surface area contributed by atoms with Gasteiger partial charge in [-0.25, -0.2) is 9.18 Å². The molecule has 0 fully saturated rings. The van der Waals surface area contributed by atoms with Crippen molar-refractivity contribution in [2.24, 2.45) is 10.9 Å². The highest BCUT2D eigenvalue weighted by molar-refractivity contribution is 6.11. The van der Waals surface area contributed by atoms with Crippen molar-refractivity contribution in [1.29, 1.82) is 0 Å². The SMILES string of the molecule is COC(=O)N[C@H](C(=O)NC1=NCc2cc(CC(=O)C[C@H](C)c3ccc(F)cc3)ncc21)C(C)C. The maximum Gasteiger partial charge on any atom is 0.407 e. The normalized spacial score (nSPS) is 14.1. The van der Waals surface area contributed by atoms with E-state index in [-0.39, 0.29) is 29.9 Å². The van der Waals surface area contributed by atoms with Crippen molar-refractivity contribution in [2.45, 2.75) is 52.1 Å². The van der Waals surface area contributed by atoms with Crippen molar-refractivity contribution in [1.82, 2.24) is 15.6 Å². The predicted molar refractivity (Wildman–Crippen MR) is 125 cm³/mol. The van der Waals surface area contributed by atoms with Crippen LogP contribution in [0.15, 0.2) is 41.5 Å². The number of aliphatic imine (C=N–C) groups is 1. The number of ether oxygens (including phenoxy) is 1. The van der Waals surface area contributed by atoms with Crippen LogP contribution in [-0.2, 0) is 27.3 Å². The van der Waals surface area contributed by atoms with E-state index in [2.05, 4.69) is 25.3 Å². The smallest absolute Gasteiger partial charge is 0.407 e. The van der Waals surface area contributed by atoms with Crippen molar-refractivity contribution in [2.75, 3.05) is 7.11 Å². The van der Waals surface area contributed by atoms with Gasteiger partial charge in [0, 0.05) is 30.3 Å². The van der Waals surface area contributed by atoms with Crippen LogP contribution in [0.1, 0.15) is 55.5 Å². The number of alkyl carbamates (subject to hydrolysis) is 1. The number of nitrogens with zero attached hydrogens (tertiary/aromatic N) is 2. The molecule has 1 aliphatic rings. The zero-order chi connectivity index (χ0) is 24.8. The number of ketones is 1. The minimum Gasteiger partial charge on any atom is -0.453 e. The van der Waals surface area contributed by atoms with Gasteiger partial charge in [-0.15, -0.1) is 0 Å². The van der Waals surface area contributed by atoms with Gasteiger partial charge in [0.15, 0.2) is 0 Å². The zero-order valence-electron chi connectivity index (χ0n) is 19.7. The monoisotopic (exact) mass is 468 g/mol. The number of Topliss-reactive ketones (excluding diaryl/α,β-unsaturated/α-hetero) is 1. The molecule has 9 heteroatoms. The van der Waals surface area contributed by atoms with Crippen molar-refractivity contribution in [3.63, 3.8) is 0 Å². The van der Waals surface area contributed by atoms with Crippen LogP contribution < -0.4 is 10.6 Å². The van der Waals surface area contributed by atoms with Crippen LogP contribution in [0.5, 0.6) is 0 Å². The number of nitrogens with one attached hydrogen (secondary N) is 2. The molecule has 0 unspecified atom stereocenters. The first-order chi connectivity index (χ1) is 16.2. The van der Waals surface area contributed by atoms with E-state index >= 15 is 0 Å². The van der Waals surface area contributed by atoms with Gasteiger partial charge in [-0.3, -0.25) is 19.6 Å². The van der Waals surface area contributed by atoms with Crippen LogP contribution in [0.25, 0.3) is 0 Å². The predicted octanol–water partition coefficient (Wildman–Crippen LogP) is 3.28. The van der Waals surface area contributed by atoms with Gasteiger partial charge in [-0.05, 0) is 41.2 Å². The van der Waals surface area contributed by atoms with Gasteiger partial charge in [-0.1, -0.05) is 32.9 Å². The molecular formula is C25H29FN4O4. The number of amidine groups is 1. The van der Waals surface area contributed by atoms with E-state index in [1.807, 2.05) is 26.8 Å². The van der Waals surface area contributed by atoms with E-state index in [0.29, 0.717) is 30.1 Å². The van der Waals surface area contributed by atoms with Crippen LogP contribution in [0, 0.1) is 11.7 Å². The number of rotatable bonds is 8. The number of carbonyl (C=O) groups excluding carboxylic acids is 3. The molecule has 1 aromatic heterocycles. The number of aromatic nitrogens is 1. The lowest BCUT2D eigenvalue weighted by Gasteiger charge is -2.21. The van der Waals surface area contributed by atoms with Crippen LogP contribution in [0.4, 0.5) is 9.18 Å². The molecule has 0 radical (unpaired) electrons. The Morgan fingerprint density at radius 3 is 2.50 bits per heavy atom. The molecule has 8 nitrogen and oxygen atoms in total. The molecule has 2 heterocycles. The molecule has 3 rings (SSSR count). The quantitative estimate of drug-likeness (QED) is 0.618. The topological polar surface area (TPSA) is 110 Å². The Morgan fingerprint density at radius 1 is 1.15 bits per heavy atom. The average Bonchev–Trinajstić information content (AvgIpc) is 3.18. The summed E-state index contributed by atoms with van der Waals surface area (Å²) in [6.07, 6.45) is 1.42. The largest absolute Gasteiger partial charge is 0.453 e. The van der Waals surface area contributed by atoms with Crippen LogP contribution in [0.2, 0.25) is 0 Å². The summed E-state index contributed by atoms with van der Waals surface area (Å²) < 4.78 is 17.7. The van der Waals surface area contributed by atoms with E-state index in [4.69, 9.17) is 0 Å². The fourth-order valence-electron chi connectivity index (χ4n) is 3.78. The van der Waals surface area contributed by atoms with Crippen molar-refractivity contribution in [3.8, 4) is 0 Å². The molecule has 0 saturated heterocycles. The van der Waals surface area contributed by atoms with Gasteiger partial charge in [0.2, 0.25) is 5.91 Å². The zero-order valence-corrected chi connectivity index (χ0v) is 19.7. The number of amides is 2. The number of fused-ring (bicyclic) bond motifs is 1. The first-order valence-electron chi connectivity index (χ1n) is 11.1. The molecule has 2 amide bonds. The minimum absolute atomic E-state index is 0.0276. The van der Waals surface area contributed by atoms with Gasteiger partial charge in [0.25, 0.3) is 0 Å². The lowest BCUT2D eigenvalue weighted by atomic mass is 9.94. The molecule has 1 aromatic carbocycles. The standard InChI is InChI=1S/C25H29FN4O4/c1-14(2)22(29-25(33)34-4)24(32)30-23-21-13-27-19(10-17(21)12-28-23)11-20(31)9-15(3)16-5-7-18(26)8-6-16/h5-8,10,13-15,22H,9,11-12H2,1-4H3,(H,29,33)(H,28,30,32)/t15-,22-/m0/s1. The Bertz CT molecular complexity index is 1100. The van der Waals surface area contributed by atoms with E-state index in [9.17, 15) is 18.8 Å². The summed E-state index contributed by atoms with van der Waals surface area (Å²) in [5, 5.41) is 5.29.